The van der Waals surface area contributed by atoms with Crippen LogP contribution >= 0.6 is 34.8 Å². The topological polar surface area (TPSA) is 60.3 Å². The lowest BCUT2D eigenvalue weighted by Crippen LogP contribution is -2.41. The summed E-state index contributed by atoms with van der Waals surface area (Å²) in [5, 5.41) is 0. The monoisotopic (exact) mass is 259 g/mol. The lowest BCUT2D eigenvalue weighted by atomic mass is 10.2. The van der Waals surface area contributed by atoms with Crippen molar-refractivity contribution in [1.82, 2.24) is 10.9 Å². The number of carbonyl (C=O) groups is 2. The molecule has 0 aromatic carbocycles. The van der Waals surface area contributed by atoms with E-state index in [-0.39, 0.29) is 6.42 Å². The Labute approximate surface area is 97.2 Å². The first-order valence-corrected chi connectivity index (χ1v) is 5.12. The number of alkyl halides is 3. The molecule has 0 aliphatic heterocycles. The van der Waals surface area contributed by atoms with Crippen molar-refractivity contribution in [3.63, 3.8) is 0 Å². The molecule has 1 N–H and O–H groups in total. The highest BCUT2D eigenvalue weighted by atomic mass is 35.6. The molecule has 0 aromatic rings. The maximum absolute atomic E-state index is 10.9. The Balaban J connectivity index is 3.73. The van der Waals surface area contributed by atoms with Crippen LogP contribution in [0.1, 0.15) is 26.2 Å². The molecule has 0 bridgehead atoms. The molecule has 0 saturated carbocycles. The van der Waals surface area contributed by atoms with E-state index in [2.05, 4.69) is 5.43 Å². The smallest absolute Gasteiger partial charge is 0.271 e. The van der Waals surface area contributed by atoms with Gasteiger partial charge in [-0.3, -0.25) is 9.59 Å². The van der Waals surface area contributed by atoms with E-state index in [1.165, 1.54) is 0 Å². The van der Waals surface area contributed by atoms with E-state index in [0.29, 0.717) is 6.42 Å². The quantitative estimate of drug-likeness (QED) is 0.620. The lowest BCUT2D eigenvalue weighted by Gasteiger charge is -2.09. The molecule has 0 fully saturated rings. The molecular weight excluding hydrogens is 250 g/mol. The summed E-state index contributed by atoms with van der Waals surface area (Å²) < 4.78 is -2.09. The van der Waals surface area contributed by atoms with Crippen LogP contribution in [0.4, 0.5) is 0 Å². The van der Waals surface area contributed by atoms with Crippen molar-refractivity contribution < 1.29 is 9.59 Å². The molecule has 7 heteroatoms. The van der Waals surface area contributed by atoms with Crippen LogP contribution in [-0.4, -0.2) is 15.6 Å². The number of amides is 2. The zero-order valence-electron chi connectivity index (χ0n) is 7.52. The fourth-order valence-corrected chi connectivity index (χ4v) is 0.687. The van der Waals surface area contributed by atoms with Crippen LogP contribution < -0.4 is 10.9 Å². The second-order valence-electron chi connectivity index (χ2n) is 2.55. The molecule has 0 aliphatic rings. The Morgan fingerprint density at radius 2 is 1.93 bits per heavy atom. The molecule has 4 nitrogen and oxygen atoms in total. The maximum Gasteiger partial charge on any atom is 0.292 e. The minimum absolute atomic E-state index is 0.274. The van der Waals surface area contributed by atoms with Gasteiger partial charge in [-0.15, -0.1) is 5.43 Å². The van der Waals surface area contributed by atoms with Crippen LogP contribution in [0.25, 0.3) is 0 Å². The summed E-state index contributed by atoms with van der Waals surface area (Å²) in [6, 6.07) is 0. The third-order valence-corrected chi connectivity index (χ3v) is 1.80. The Morgan fingerprint density at radius 3 is 2.36 bits per heavy atom. The minimum atomic E-state index is -2.09. The van der Waals surface area contributed by atoms with Gasteiger partial charge in [0.2, 0.25) is 0 Å². The average Bonchev–Trinajstić information content (AvgIpc) is 2.09. The summed E-state index contributed by atoms with van der Waals surface area (Å²) in [6.45, 7) is 1.94. The molecule has 0 unspecified atom stereocenters. The zero-order chi connectivity index (χ0) is 11.2. The second kappa shape index (κ2) is 6.32. The van der Waals surface area contributed by atoms with Crippen molar-refractivity contribution in [1.29, 1.82) is 0 Å². The van der Waals surface area contributed by atoms with E-state index in [1.54, 1.807) is 0 Å². The predicted molar refractivity (Wildman–Crippen MR) is 55.1 cm³/mol. The SMILES string of the molecule is CCCCC(=O)[N]NC(=O)C(Cl)(Cl)Cl. The Kier molecular flexibility index (Phi) is 6.24. The summed E-state index contributed by atoms with van der Waals surface area (Å²) >= 11 is 15.7. The number of hydrogen-bond acceptors (Lipinski definition) is 2. The first kappa shape index (κ1) is 13.8. The van der Waals surface area contributed by atoms with E-state index in [0.717, 1.165) is 6.42 Å². The van der Waals surface area contributed by atoms with Crippen molar-refractivity contribution in [3.8, 4) is 0 Å². The number of unbranched alkanes of at least 4 members (excludes halogenated alkanes) is 1. The van der Waals surface area contributed by atoms with E-state index in [4.69, 9.17) is 34.8 Å². The van der Waals surface area contributed by atoms with E-state index >= 15 is 0 Å². The van der Waals surface area contributed by atoms with Crippen LogP contribution in [0.3, 0.4) is 0 Å². The Morgan fingerprint density at radius 1 is 1.36 bits per heavy atom. The molecule has 0 aromatic heterocycles. The highest BCUT2D eigenvalue weighted by Gasteiger charge is 2.31. The van der Waals surface area contributed by atoms with Crippen molar-refractivity contribution in [2.24, 2.45) is 0 Å². The molecule has 0 spiro atoms. The maximum atomic E-state index is 10.9. The summed E-state index contributed by atoms with van der Waals surface area (Å²) in [6.07, 6.45) is 1.86. The summed E-state index contributed by atoms with van der Waals surface area (Å²) in [5.41, 5.74) is 5.11. The standard InChI is InChI=1S/C7H10Cl3N2O2/c1-2-3-4-5(13)11-12-6(14)7(8,9)10/h2-4H2,1H3,(H,12,14). The van der Waals surface area contributed by atoms with Gasteiger partial charge in [-0.25, -0.2) is 5.43 Å². The third-order valence-electron chi connectivity index (χ3n) is 1.28. The number of carbonyl (C=O) groups excluding carboxylic acids is 2. The van der Waals surface area contributed by atoms with Crippen molar-refractivity contribution in [2.45, 2.75) is 30.0 Å². The van der Waals surface area contributed by atoms with Crippen LogP contribution in [-0.2, 0) is 9.59 Å². The van der Waals surface area contributed by atoms with Gasteiger partial charge in [-0.1, -0.05) is 48.1 Å². The third kappa shape index (κ3) is 6.29. The molecule has 0 rings (SSSR count). The second-order valence-corrected chi connectivity index (χ2v) is 4.83. The summed E-state index contributed by atoms with van der Waals surface area (Å²) in [4.78, 5) is 21.8. The number of nitrogens with one attached hydrogen (secondary N) is 1. The minimum Gasteiger partial charge on any atom is -0.271 e. The van der Waals surface area contributed by atoms with Gasteiger partial charge in [0.1, 0.15) is 0 Å². The molecule has 14 heavy (non-hydrogen) atoms. The molecule has 0 aliphatic carbocycles. The van der Waals surface area contributed by atoms with Gasteiger partial charge in [-0.2, -0.15) is 0 Å². The van der Waals surface area contributed by atoms with Crippen LogP contribution in [0.2, 0.25) is 0 Å². The molecule has 81 valence electrons. The van der Waals surface area contributed by atoms with Crippen LogP contribution in [0, 0.1) is 0 Å². The van der Waals surface area contributed by atoms with Crippen molar-refractivity contribution >= 4 is 46.6 Å². The molecule has 2 amide bonds. The van der Waals surface area contributed by atoms with Crippen LogP contribution in [0.15, 0.2) is 0 Å². The summed E-state index contributed by atoms with van der Waals surface area (Å²) in [7, 11) is 0. The molecular formula is C7H10Cl3N2O2. The first-order chi connectivity index (χ1) is 6.38. The average molecular weight is 261 g/mol. The molecule has 0 heterocycles. The first-order valence-electron chi connectivity index (χ1n) is 3.98. The van der Waals surface area contributed by atoms with Gasteiger partial charge < -0.3 is 0 Å². The fraction of sp³-hybridized carbons (Fsp3) is 0.714. The van der Waals surface area contributed by atoms with Crippen LogP contribution in [0.5, 0.6) is 0 Å². The van der Waals surface area contributed by atoms with Gasteiger partial charge in [-0.05, 0) is 6.42 Å². The number of nitrogens with zero attached hydrogens (tertiary/aromatic N) is 1. The van der Waals surface area contributed by atoms with E-state index in [9.17, 15) is 9.59 Å². The Hall–Kier alpha value is -0.190. The number of hydrogen-bond donors (Lipinski definition) is 1. The highest BCUT2D eigenvalue weighted by molar-refractivity contribution is 6.76. The van der Waals surface area contributed by atoms with E-state index < -0.39 is 15.6 Å². The van der Waals surface area contributed by atoms with Crippen molar-refractivity contribution in [3.05, 3.63) is 0 Å². The van der Waals surface area contributed by atoms with Gasteiger partial charge in [0, 0.05) is 6.42 Å². The number of halogens is 3. The fourth-order valence-electron chi connectivity index (χ4n) is 0.560. The largest absolute Gasteiger partial charge is 0.292 e. The van der Waals surface area contributed by atoms with Gasteiger partial charge in [0.25, 0.3) is 15.6 Å². The predicted octanol–water partition coefficient (Wildman–Crippen LogP) is 1.71. The highest BCUT2D eigenvalue weighted by Crippen LogP contribution is 2.25. The number of rotatable bonds is 3. The van der Waals surface area contributed by atoms with Gasteiger partial charge in [0.15, 0.2) is 0 Å². The normalized spacial score (nSPS) is 10.9. The molecule has 0 saturated heterocycles. The molecule has 0 atom stereocenters. The van der Waals surface area contributed by atoms with Gasteiger partial charge in [0.05, 0.1) is 0 Å². The van der Waals surface area contributed by atoms with E-state index in [1.807, 2.05) is 12.3 Å². The molecule has 1 radical (unpaired) electrons. The lowest BCUT2D eigenvalue weighted by molar-refractivity contribution is -0.128. The Bertz CT molecular complexity index is 215. The summed E-state index contributed by atoms with van der Waals surface area (Å²) in [5.74, 6) is -1.37. The van der Waals surface area contributed by atoms with Crippen molar-refractivity contribution in [2.75, 3.05) is 0 Å². The van der Waals surface area contributed by atoms with Gasteiger partial charge >= 0.3 is 0 Å². The zero-order valence-corrected chi connectivity index (χ0v) is 9.79.